The smallest absolute Gasteiger partial charge is 0.223 e. The van der Waals surface area contributed by atoms with Gasteiger partial charge in [0.15, 0.2) is 0 Å². The number of amides is 1. The van der Waals surface area contributed by atoms with Crippen molar-refractivity contribution in [1.29, 1.82) is 0 Å². The average Bonchev–Trinajstić information content (AvgIpc) is 3.11. The van der Waals surface area contributed by atoms with Crippen LogP contribution in [-0.4, -0.2) is 22.8 Å². The first-order valence-corrected chi connectivity index (χ1v) is 12.6. The fourth-order valence-corrected chi connectivity index (χ4v) is 4.25. The molecule has 0 aromatic heterocycles. The van der Waals surface area contributed by atoms with E-state index in [9.17, 15) is 4.79 Å². The van der Waals surface area contributed by atoms with E-state index in [0.29, 0.717) is 11.1 Å². The topological polar surface area (TPSA) is 38.8 Å². The van der Waals surface area contributed by atoms with Gasteiger partial charge in [0.05, 0.1) is 18.6 Å². The molecule has 0 saturated heterocycles. The van der Waals surface area contributed by atoms with Gasteiger partial charge in [-0.2, -0.15) is 0 Å². The van der Waals surface area contributed by atoms with Crippen molar-refractivity contribution in [3.63, 3.8) is 0 Å². The molecule has 0 aliphatic carbocycles. The van der Waals surface area contributed by atoms with E-state index in [2.05, 4.69) is 0 Å². The Bertz CT molecular complexity index is 1850. The van der Waals surface area contributed by atoms with Gasteiger partial charge in [-0.15, -0.1) is 0 Å². The third-order valence-electron chi connectivity index (χ3n) is 6.17. The number of hydrogen-bond donors (Lipinski definition) is 0. The lowest BCUT2D eigenvalue weighted by molar-refractivity contribution is -0.135. The van der Waals surface area contributed by atoms with Gasteiger partial charge in [0.25, 0.3) is 0 Å². The quantitative estimate of drug-likeness (QED) is 0.168. The van der Waals surface area contributed by atoms with E-state index in [1.807, 2.05) is 0 Å². The zero-order valence-electron chi connectivity index (χ0n) is 37.8. The first kappa shape index (κ1) is 14.7. The molecular weight excluding hydrogens is 494 g/mol. The molecule has 4 nitrogen and oxygen atoms in total. The molecule has 4 heteroatoms. The molecular formula is C36H41NO3. The Labute approximate surface area is 262 Å². The number of benzene rings is 4. The molecule has 4 rings (SSSR count). The van der Waals surface area contributed by atoms with E-state index in [4.69, 9.17) is 31.4 Å². The molecule has 0 fully saturated rings. The second-order valence-corrected chi connectivity index (χ2v) is 9.00. The third kappa shape index (κ3) is 8.06. The Kier molecular flexibility index (Phi) is 5.31. The minimum atomic E-state index is -4.26. The largest absolute Gasteiger partial charge is 0.489 e. The van der Waals surface area contributed by atoms with Crippen molar-refractivity contribution >= 4 is 5.91 Å². The maximum absolute atomic E-state index is 14.8. The molecule has 4 aromatic rings. The fraction of sp³-hybridized carbons (Fsp3) is 0.306. The zero-order valence-corrected chi connectivity index (χ0v) is 21.8. The minimum absolute atomic E-state index is 0.0337. The Morgan fingerprint density at radius 2 is 1.35 bits per heavy atom. The number of hydrogen-bond acceptors (Lipinski definition) is 3. The molecule has 0 spiro atoms. The van der Waals surface area contributed by atoms with Gasteiger partial charge in [0, 0.05) is 46.4 Å². The van der Waals surface area contributed by atoms with Gasteiger partial charge in [-0.25, -0.2) is 0 Å². The first-order chi connectivity index (χ1) is 25.8. The molecule has 0 radical (unpaired) electrons. The summed E-state index contributed by atoms with van der Waals surface area (Å²) in [6.07, 6.45) is -1.09. The molecule has 0 heterocycles. The van der Waals surface area contributed by atoms with Crippen LogP contribution in [0.1, 0.15) is 89.5 Å². The van der Waals surface area contributed by atoms with Crippen LogP contribution < -0.4 is 4.74 Å². The van der Waals surface area contributed by atoms with Crippen molar-refractivity contribution in [3.8, 4) is 5.75 Å². The third-order valence-corrected chi connectivity index (χ3v) is 6.17. The van der Waals surface area contributed by atoms with Crippen LogP contribution in [0, 0.1) is 0 Å². The van der Waals surface area contributed by atoms with Crippen LogP contribution in [0.15, 0.2) is 109 Å². The number of carbonyl (C=O) groups is 1. The summed E-state index contributed by atoms with van der Waals surface area (Å²) in [5.74, 6) is -3.07. The van der Waals surface area contributed by atoms with E-state index in [1.165, 1.54) is 30.3 Å². The molecule has 40 heavy (non-hydrogen) atoms. The summed E-state index contributed by atoms with van der Waals surface area (Å²) < 4.78 is 145. The summed E-state index contributed by atoms with van der Waals surface area (Å²) in [6.45, 7) is -18.9. The monoisotopic (exact) mass is 551 g/mol. The highest BCUT2D eigenvalue weighted by Crippen LogP contribution is 2.37. The first-order valence-electron chi connectivity index (χ1n) is 20.6. The lowest BCUT2D eigenvalue weighted by atomic mass is 9.86. The predicted molar refractivity (Wildman–Crippen MR) is 162 cm³/mol. The van der Waals surface area contributed by atoms with E-state index in [0.717, 1.165) is 0 Å². The second-order valence-electron chi connectivity index (χ2n) is 9.00. The van der Waals surface area contributed by atoms with Crippen LogP contribution in [0.25, 0.3) is 0 Å². The molecule has 1 atom stereocenters. The normalized spacial score (nSPS) is 20.0. The lowest BCUT2D eigenvalue weighted by Gasteiger charge is -2.33. The molecule has 0 saturated carbocycles. The molecule has 0 N–H and O–H groups in total. The Balaban J connectivity index is 1.98. The van der Waals surface area contributed by atoms with E-state index < -0.39 is 69.1 Å². The highest BCUT2D eigenvalue weighted by atomic mass is 16.5. The summed E-state index contributed by atoms with van der Waals surface area (Å²) in [7, 11) is 0. The molecule has 4 aromatic carbocycles. The Morgan fingerprint density at radius 1 is 0.775 bits per heavy atom. The highest BCUT2D eigenvalue weighted by molar-refractivity contribution is 5.78. The number of ether oxygens (including phenoxy) is 2. The zero-order chi connectivity index (χ0) is 42.0. The fourth-order valence-electron chi connectivity index (χ4n) is 4.25. The van der Waals surface area contributed by atoms with E-state index in [-0.39, 0.29) is 35.7 Å². The molecule has 0 aliphatic rings. The number of carbonyl (C=O) groups excluding carboxylic acids is 1. The van der Waals surface area contributed by atoms with Crippen molar-refractivity contribution in [2.75, 3.05) is 0 Å². The lowest BCUT2D eigenvalue weighted by Crippen LogP contribution is -2.42. The van der Waals surface area contributed by atoms with Crippen molar-refractivity contribution < 1.29 is 36.2 Å². The van der Waals surface area contributed by atoms with Gasteiger partial charge < -0.3 is 14.4 Å². The van der Waals surface area contributed by atoms with Crippen molar-refractivity contribution in [1.82, 2.24) is 4.90 Å². The van der Waals surface area contributed by atoms with Crippen molar-refractivity contribution in [2.24, 2.45) is 0 Å². The molecule has 208 valence electrons. The van der Waals surface area contributed by atoms with E-state index in [1.54, 1.807) is 78.9 Å². The Morgan fingerprint density at radius 3 is 1.95 bits per heavy atom. The maximum atomic E-state index is 14.8. The van der Waals surface area contributed by atoms with Crippen LogP contribution in [0.3, 0.4) is 0 Å². The molecule has 0 aliphatic heterocycles. The molecule has 1 amide bonds. The van der Waals surface area contributed by atoms with Crippen LogP contribution in [0.2, 0.25) is 0 Å². The maximum Gasteiger partial charge on any atom is 0.223 e. The van der Waals surface area contributed by atoms with Gasteiger partial charge in [-0.3, -0.25) is 4.79 Å². The van der Waals surface area contributed by atoms with Gasteiger partial charge >= 0.3 is 0 Å². The number of nitrogens with zero attached hydrogens (tertiary/aromatic N) is 1. The van der Waals surface area contributed by atoms with Crippen LogP contribution in [0.4, 0.5) is 0 Å². The highest BCUT2D eigenvalue weighted by Gasteiger charge is 2.27. The minimum Gasteiger partial charge on any atom is -0.489 e. The van der Waals surface area contributed by atoms with Gasteiger partial charge in [0.1, 0.15) is 12.4 Å². The summed E-state index contributed by atoms with van der Waals surface area (Å²) >= 11 is 0. The van der Waals surface area contributed by atoms with Crippen LogP contribution in [-0.2, 0) is 29.3 Å². The standard InChI is InChI=1S/C36H41NO3/c1-27(2)37(28(3)4)36(38)23-33(32-18-12-7-13-19-32)34-22-31(25-39-24-29-14-8-5-9-15-29)20-21-35(34)40-26-30-16-10-6-11-17-30/h5-22,27-28,33H,23-26H2,1-4H3/t33-/m1/s1/i1D3,2D3,3D3,4D3,25D2,27D,28D. The van der Waals surface area contributed by atoms with Crippen molar-refractivity contribution in [2.45, 2.75) is 71.6 Å². The second kappa shape index (κ2) is 14.5. The van der Waals surface area contributed by atoms with Crippen LogP contribution in [0.5, 0.6) is 5.75 Å². The molecule has 0 bridgehead atoms. The summed E-state index contributed by atoms with van der Waals surface area (Å²) in [4.78, 5) is 14.1. The SMILES string of the molecule is [2H]C([2H])(OCc1ccccc1)c1ccc(OCc2ccccc2)c([C@H](CC(=O)N(C([2H])(C([2H])([2H])[2H])C([2H])([2H])[2H])C([2H])(C([2H])([2H])[2H])C([2H])([2H])[2H])c2ccccc2)c1. The number of rotatable bonds is 13. The summed E-state index contributed by atoms with van der Waals surface area (Å²) in [5.41, 5.74) is 1.63. The average molecular weight is 552 g/mol. The van der Waals surface area contributed by atoms with Crippen LogP contribution >= 0.6 is 0 Å². The molecule has 0 unspecified atom stereocenters. The van der Waals surface area contributed by atoms with Crippen molar-refractivity contribution in [3.05, 3.63) is 137 Å². The van der Waals surface area contributed by atoms with Gasteiger partial charge in [-0.1, -0.05) is 97.1 Å². The predicted octanol–water partition coefficient (Wildman–Crippen LogP) is 8.15. The summed E-state index contributed by atoms with van der Waals surface area (Å²) in [6, 6.07) is 21.1. The van der Waals surface area contributed by atoms with E-state index >= 15 is 0 Å². The summed E-state index contributed by atoms with van der Waals surface area (Å²) in [5, 5.41) is 0. The van der Waals surface area contributed by atoms with Gasteiger partial charge in [0.2, 0.25) is 5.91 Å². The Hall–Kier alpha value is -3.89. The van der Waals surface area contributed by atoms with Gasteiger partial charge in [-0.05, 0) is 61.8 Å².